The average molecular weight is 406 g/mol. The van der Waals surface area contributed by atoms with Crippen molar-refractivity contribution in [1.82, 2.24) is 9.80 Å². The molecule has 3 heterocycles. The SMILES string of the molecule is COc1ccc(C2=C(N3CCCC3)C(=O)N(Cc3ccc4c(c3)OCO4)C2=O)cc1. The minimum atomic E-state index is -0.273. The summed E-state index contributed by atoms with van der Waals surface area (Å²) in [6, 6.07) is 12.8. The van der Waals surface area contributed by atoms with Gasteiger partial charge >= 0.3 is 0 Å². The number of benzene rings is 2. The molecular formula is C23H22N2O5. The lowest BCUT2D eigenvalue weighted by atomic mass is 10.0. The largest absolute Gasteiger partial charge is 0.497 e. The van der Waals surface area contributed by atoms with Crippen LogP contribution in [0.25, 0.3) is 5.57 Å². The Hall–Kier alpha value is -3.48. The van der Waals surface area contributed by atoms with Crippen LogP contribution in [0.5, 0.6) is 17.2 Å². The molecule has 0 N–H and O–H groups in total. The van der Waals surface area contributed by atoms with Gasteiger partial charge in [-0.1, -0.05) is 18.2 Å². The van der Waals surface area contributed by atoms with Gasteiger partial charge in [0.25, 0.3) is 11.8 Å². The lowest BCUT2D eigenvalue weighted by Crippen LogP contribution is -2.34. The molecular weight excluding hydrogens is 384 g/mol. The summed E-state index contributed by atoms with van der Waals surface area (Å²) in [5.74, 6) is 1.49. The van der Waals surface area contributed by atoms with Gasteiger partial charge < -0.3 is 19.1 Å². The number of rotatable bonds is 5. The van der Waals surface area contributed by atoms with E-state index in [4.69, 9.17) is 14.2 Å². The van der Waals surface area contributed by atoms with Gasteiger partial charge in [-0.3, -0.25) is 14.5 Å². The highest BCUT2D eigenvalue weighted by Gasteiger charge is 2.42. The lowest BCUT2D eigenvalue weighted by Gasteiger charge is -2.20. The van der Waals surface area contributed by atoms with Crippen LogP contribution in [0.4, 0.5) is 0 Å². The van der Waals surface area contributed by atoms with Gasteiger partial charge in [0.2, 0.25) is 6.79 Å². The molecule has 7 nitrogen and oxygen atoms in total. The van der Waals surface area contributed by atoms with Crippen LogP contribution in [-0.2, 0) is 16.1 Å². The summed E-state index contributed by atoms with van der Waals surface area (Å²) >= 11 is 0. The van der Waals surface area contributed by atoms with E-state index in [0.29, 0.717) is 28.5 Å². The highest BCUT2D eigenvalue weighted by atomic mass is 16.7. The third-order valence-electron chi connectivity index (χ3n) is 5.72. The maximum absolute atomic E-state index is 13.4. The summed E-state index contributed by atoms with van der Waals surface area (Å²) in [7, 11) is 1.60. The summed E-state index contributed by atoms with van der Waals surface area (Å²) < 4.78 is 16.0. The van der Waals surface area contributed by atoms with Crippen LogP contribution < -0.4 is 14.2 Å². The van der Waals surface area contributed by atoms with Crippen molar-refractivity contribution in [3.8, 4) is 17.2 Å². The highest BCUT2D eigenvalue weighted by molar-refractivity contribution is 6.35. The zero-order valence-electron chi connectivity index (χ0n) is 16.7. The number of carbonyl (C=O) groups excluding carboxylic acids is 2. The van der Waals surface area contributed by atoms with Crippen molar-refractivity contribution in [2.75, 3.05) is 27.0 Å². The second-order valence-electron chi connectivity index (χ2n) is 7.53. The Kier molecular flexibility index (Phi) is 4.58. The molecule has 0 atom stereocenters. The standard InChI is InChI=1S/C23H22N2O5/c1-28-17-7-5-16(6-8-17)20-21(24-10-2-3-11-24)23(27)25(22(20)26)13-15-4-9-18-19(12-15)30-14-29-18/h4-9,12H,2-3,10-11,13-14H2,1H3. The number of imide groups is 1. The molecule has 5 rings (SSSR count). The summed E-state index contributed by atoms with van der Waals surface area (Å²) in [5, 5.41) is 0. The zero-order chi connectivity index (χ0) is 20.7. The number of ether oxygens (including phenoxy) is 3. The van der Waals surface area contributed by atoms with Gasteiger partial charge in [-0.15, -0.1) is 0 Å². The summed E-state index contributed by atoms with van der Waals surface area (Å²) in [6.45, 7) is 1.94. The molecule has 0 bridgehead atoms. The van der Waals surface area contributed by atoms with E-state index < -0.39 is 0 Å². The van der Waals surface area contributed by atoms with Crippen molar-refractivity contribution in [2.45, 2.75) is 19.4 Å². The summed E-state index contributed by atoms with van der Waals surface area (Å²) in [5.41, 5.74) is 2.51. The van der Waals surface area contributed by atoms with Crippen LogP contribution in [0, 0.1) is 0 Å². The lowest BCUT2D eigenvalue weighted by molar-refractivity contribution is -0.138. The van der Waals surface area contributed by atoms with Crippen LogP contribution in [0.3, 0.4) is 0 Å². The first-order chi connectivity index (χ1) is 14.7. The molecule has 1 fully saturated rings. The van der Waals surface area contributed by atoms with Crippen molar-refractivity contribution >= 4 is 17.4 Å². The van der Waals surface area contributed by atoms with Gasteiger partial charge in [-0.05, 0) is 48.2 Å². The number of hydrogen-bond acceptors (Lipinski definition) is 6. The van der Waals surface area contributed by atoms with Crippen LogP contribution in [0.1, 0.15) is 24.0 Å². The Morgan fingerprint density at radius 3 is 2.40 bits per heavy atom. The highest BCUT2D eigenvalue weighted by Crippen LogP contribution is 2.37. The molecule has 3 aliphatic heterocycles. The van der Waals surface area contributed by atoms with Crippen LogP contribution in [0.2, 0.25) is 0 Å². The third-order valence-corrected chi connectivity index (χ3v) is 5.72. The van der Waals surface area contributed by atoms with Gasteiger partial charge in [-0.25, -0.2) is 0 Å². The number of likely N-dealkylation sites (tertiary alicyclic amines) is 1. The Bertz CT molecular complexity index is 1040. The molecule has 0 spiro atoms. The van der Waals surface area contributed by atoms with E-state index in [1.54, 1.807) is 7.11 Å². The normalized spacial score (nSPS) is 18.0. The second-order valence-corrected chi connectivity index (χ2v) is 7.53. The summed E-state index contributed by atoms with van der Waals surface area (Å²) in [4.78, 5) is 30.1. The van der Waals surface area contributed by atoms with Crippen LogP contribution >= 0.6 is 0 Å². The molecule has 0 radical (unpaired) electrons. The smallest absolute Gasteiger partial charge is 0.278 e. The maximum atomic E-state index is 13.4. The Labute approximate surface area is 174 Å². The van der Waals surface area contributed by atoms with Crippen molar-refractivity contribution in [1.29, 1.82) is 0 Å². The molecule has 0 unspecified atom stereocenters. The molecule has 2 aromatic rings. The Morgan fingerprint density at radius 2 is 1.67 bits per heavy atom. The van der Waals surface area contributed by atoms with E-state index >= 15 is 0 Å². The monoisotopic (exact) mass is 406 g/mol. The molecule has 30 heavy (non-hydrogen) atoms. The molecule has 154 valence electrons. The minimum Gasteiger partial charge on any atom is -0.497 e. The fourth-order valence-electron chi connectivity index (χ4n) is 4.18. The van der Waals surface area contributed by atoms with Gasteiger partial charge in [-0.2, -0.15) is 0 Å². The molecule has 1 saturated heterocycles. The number of amides is 2. The van der Waals surface area contributed by atoms with E-state index in [1.165, 1.54) is 4.90 Å². The molecule has 0 saturated carbocycles. The third kappa shape index (κ3) is 3.07. The van der Waals surface area contributed by atoms with E-state index in [9.17, 15) is 9.59 Å². The minimum absolute atomic E-state index is 0.183. The van der Waals surface area contributed by atoms with Crippen molar-refractivity contribution in [2.24, 2.45) is 0 Å². The van der Waals surface area contributed by atoms with Crippen molar-refractivity contribution in [3.63, 3.8) is 0 Å². The molecule has 7 heteroatoms. The quantitative estimate of drug-likeness (QED) is 0.712. The van der Waals surface area contributed by atoms with E-state index in [1.807, 2.05) is 47.4 Å². The average Bonchev–Trinajstić information content (AvgIpc) is 3.50. The maximum Gasteiger partial charge on any atom is 0.278 e. The van der Waals surface area contributed by atoms with Gasteiger partial charge in [0, 0.05) is 13.1 Å². The van der Waals surface area contributed by atoms with Gasteiger partial charge in [0.05, 0.1) is 19.2 Å². The van der Waals surface area contributed by atoms with Crippen molar-refractivity contribution < 1.29 is 23.8 Å². The topological polar surface area (TPSA) is 68.3 Å². The number of carbonyl (C=O) groups is 2. The predicted molar refractivity (Wildman–Crippen MR) is 109 cm³/mol. The van der Waals surface area contributed by atoms with Crippen LogP contribution in [0.15, 0.2) is 48.2 Å². The fraction of sp³-hybridized carbons (Fsp3) is 0.304. The van der Waals surface area contributed by atoms with E-state index in [0.717, 1.165) is 37.1 Å². The molecule has 0 aromatic heterocycles. The number of fused-ring (bicyclic) bond motifs is 1. The number of nitrogens with zero attached hydrogens (tertiary/aromatic N) is 2. The van der Waals surface area contributed by atoms with Gasteiger partial charge in [0.1, 0.15) is 11.4 Å². The first-order valence-electron chi connectivity index (χ1n) is 10.0. The Morgan fingerprint density at radius 1 is 0.933 bits per heavy atom. The van der Waals surface area contributed by atoms with Crippen molar-refractivity contribution in [3.05, 3.63) is 59.3 Å². The van der Waals surface area contributed by atoms with Gasteiger partial charge in [0.15, 0.2) is 11.5 Å². The summed E-state index contributed by atoms with van der Waals surface area (Å²) in [6.07, 6.45) is 2.03. The zero-order valence-corrected chi connectivity index (χ0v) is 16.7. The number of methoxy groups -OCH3 is 1. The molecule has 2 amide bonds. The molecule has 3 aliphatic rings. The predicted octanol–water partition coefficient (Wildman–Crippen LogP) is 2.80. The van der Waals surface area contributed by atoms with E-state index in [-0.39, 0.29) is 25.2 Å². The molecule has 2 aromatic carbocycles. The Balaban J connectivity index is 1.49. The molecule has 0 aliphatic carbocycles. The fourth-order valence-corrected chi connectivity index (χ4v) is 4.18. The number of hydrogen-bond donors (Lipinski definition) is 0. The second kappa shape index (κ2) is 7.40. The van der Waals surface area contributed by atoms with E-state index in [2.05, 4.69) is 0 Å². The van der Waals surface area contributed by atoms with Crippen LogP contribution in [-0.4, -0.2) is 48.6 Å². The first-order valence-corrected chi connectivity index (χ1v) is 10.0. The first kappa shape index (κ1) is 18.5.